The number of carbonyl (C=O) groups is 1. The molecule has 0 saturated carbocycles. The third-order valence-corrected chi connectivity index (χ3v) is 4.48. The van der Waals surface area contributed by atoms with E-state index in [0.29, 0.717) is 34.7 Å². The lowest BCUT2D eigenvalue weighted by Gasteiger charge is -2.22. The van der Waals surface area contributed by atoms with Crippen molar-refractivity contribution in [3.05, 3.63) is 45.7 Å². The molecule has 9 heteroatoms. The molecular weight excluding hydrogens is 385 g/mol. The number of carbonyl (C=O) groups excluding carboxylic acids is 1. The summed E-state index contributed by atoms with van der Waals surface area (Å²) in [6.07, 6.45) is 4.37. The first-order chi connectivity index (χ1) is 11.6. The summed E-state index contributed by atoms with van der Waals surface area (Å²) in [5, 5.41) is 15.4. The predicted octanol–water partition coefficient (Wildman–Crippen LogP) is 2.90. The number of aromatic nitrogens is 3. The van der Waals surface area contributed by atoms with Gasteiger partial charge in [-0.1, -0.05) is 28.4 Å². The molecule has 2 heterocycles. The van der Waals surface area contributed by atoms with Crippen molar-refractivity contribution in [2.24, 2.45) is 0 Å². The number of amides is 1. The van der Waals surface area contributed by atoms with Crippen molar-refractivity contribution >= 4 is 41.5 Å². The Balaban J connectivity index is 0.00000225. The van der Waals surface area contributed by atoms with Gasteiger partial charge in [0.1, 0.15) is 0 Å². The Morgan fingerprint density at radius 1 is 1.24 bits per heavy atom. The average molecular weight is 405 g/mol. The highest BCUT2D eigenvalue weighted by Crippen LogP contribution is 2.19. The summed E-state index contributed by atoms with van der Waals surface area (Å²) in [5.41, 5.74) is 1.32. The van der Waals surface area contributed by atoms with E-state index in [1.165, 1.54) is 0 Å². The van der Waals surface area contributed by atoms with E-state index < -0.39 is 0 Å². The maximum atomic E-state index is 12.2. The highest BCUT2D eigenvalue weighted by molar-refractivity contribution is 6.34. The SMILES string of the molecule is Cl.O=C(NCCc1cc(Cl)cc(Cl)c1)c1cn(C2CCNCC2)nn1. The second-order valence-corrected chi connectivity index (χ2v) is 6.72. The predicted molar refractivity (Wildman–Crippen MR) is 101 cm³/mol. The Labute approximate surface area is 162 Å². The number of nitrogens with zero attached hydrogens (tertiary/aromatic N) is 3. The minimum Gasteiger partial charge on any atom is -0.350 e. The van der Waals surface area contributed by atoms with Crippen LogP contribution in [-0.2, 0) is 6.42 Å². The Bertz CT molecular complexity index is 695. The average Bonchev–Trinajstić information content (AvgIpc) is 3.05. The highest BCUT2D eigenvalue weighted by Gasteiger charge is 2.18. The third kappa shape index (κ3) is 5.57. The molecule has 1 aromatic carbocycles. The largest absolute Gasteiger partial charge is 0.350 e. The van der Waals surface area contributed by atoms with Crippen molar-refractivity contribution in [3.8, 4) is 0 Å². The minimum atomic E-state index is -0.219. The van der Waals surface area contributed by atoms with E-state index in [-0.39, 0.29) is 18.3 Å². The van der Waals surface area contributed by atoms with Gasteiger partial charge in [-0.05, 0) is 56.1 Å². The number of nitrogens with one attached hydrogen (secondary N) is 2. The molecule has 0 unspecified atom stereocenters. The molecule has 0 radical (unpaired) electrons. The van der Waals surface area contributed by atoms with Crippen LogP contribution >= 0.6 is 35.6 Å². The van der Waals surface area contributed by atoms with Crippen LogP contribution in [0.15, 0.2) is 24.4 Å². The zero-order chi connectivity index (χ0) is 16.9. The second-order valence-electron chi connectivity index (χ2n) is 5.85. The van der Waals surface area contributed by atoms with Crippen molar-refractivity contribution < 1.29 is 4.79 Å². The Kier molecular flexibility index (Phi) is 7.50. The molecule has 1 aliphatic heterocycles. The molecule has 3 rings (SSSR count). The maximum absolute atomic E-state index is 12.2. The number of halogens is 3. The van der Waals surface area contributed by atoms with Crippen molar-refractivity contribution in [1.82, 2.24) is 25.6 Å². The van der Waals surface area contributed by atoms with Crippen molar-refractivity contribution in [1.29, 1.82) is 0 Å². The summed E-state index contributed by atoms with van der Waals surface area (Å²) >= 11 is 11.9. The van der Waals surface area contributed by atoms with Crippen molar-refractivity contribution in [2.75, 3.05) is 19.6 Å². The highest BCUT2D eigenvalue weighted by atomic mass is 35.5. The summed E-state index contributed by atoms with van der Waals surface area (Å²) in [4.78, 5) is 12.2. The minimum absolute atomic E-state index is 0. The molecule has 0 aliphatic carbocycles. The normalized spacial score (nSPS) is 14.8. The number of rotatable bonds is 5. The maximum Gasteiger partial charge on any atom is 0.273 e. The molecule has 1 saturated heterocycles. The molecule has 1 fully saturated rings. The smallest absolute Gasteiger partial charge is 0.273 e. The van der Waals surface area contributed by atoms with E-state index in [1.54, 1.807) is 16.9 Å². The Morgan fingerprint density at radius 2 is 1.92 bits per heavy atom. The van der Waals surface area contributed by atoms with Crippen LogP contribution in [0, 0.1) is 0 Å². The van der Waals surface area contributed by atoms with Gasteiger partial charge in [-0.3, -0.25) is 4.79 Å². The lowest BCUT2D eigenvalue weighted by molar-refractivity contribution is 0.0949. The molecule has 25 heavy (non-hydrogen) atoms. The third-order valence-electron chi connectivity index (χ3n) is 4.05. The Hall–Kier alpha value is -1.34. The van der Waals surface area contributed by atoms with Crippen LogP contribution in [0.1, 0.15) is 34.9 Å². The first-order valence-corrected chi connectivity index (χ1v) is 8.73. The molecular formula is C16H20Cl3N5O. The fourth-order valence-electron chi connectivity index (χ4n) is 2.80. The molecule has 136 valence electrons. The van der Waals surface area contributed by atoms with Gasteiger partial charge in [0.15, 0.2) is 5.69 Å². The van der Waals surface area contributed by atoms with Crippen LogP contribution in [-0.4, -0.2) is 40.5 Å². The molecule has 0 spiro atoms. The number of hydrogen-bond acceptors (Lipinski definition) is 4. The molecule has 1 aromatic heterocycles. The van der Waals surface area contributed by atoms with Gasteiger partial charge in [0.2, 0.25) is 0 Å². The fraction of sp³-hybridized carbons (Fsp3) is 0.438. The summed E-state index contributed by atoms with van der Waals surface area (Å²) < 4.78 is 1.80. The van der Waals surface area contributed by atoms with E-state index in [9.17, 15) is 4.79 Å². The summed E-state index contributed by atoms with van der Waals surface area (Å²) in [7, 11) is 0. The number of piperidine rings is 1. The van der Waals surface area contributed by atoms with Gasteiger partial charge in [0, 0.05) is 16.6 Å². The van der Waals surface area contributed by atoms with Gasteiger partial charge >= 0.3 is 0 Å². The first-order valence-electron chi connectivity index (χ1n) is 7.97. The van der Waals surface area contributed by atoms with Crippen LogP contribution in [0.2, 0.25) is 10.0 Å². The molecule has 0 atom stereocenters. The van der Waals surface area contributed by atoms with Crippen LogP contribution < -0.4 is 10.6 Å². The molecule has 2 aromatic rings. The van der Waals surface area contributed by atoms with E-state index >= 15 is 0 Å². The second kappa shape index (κ2) is 9.38. The van der Waals surface area contributed by atoms with Crippen molar-refractivity contribution in [2.45, 2.75) is 25.3 Å². The molecule has 0 bridgehead atoms. The molecule has 1 amide bonds. The van der Waals surface area contributed by atoms with Crippen LogP contribution in [0.5, 0.6) is 0 Å². The molecule has 6 nitrogen and oxygen atoms in total. The van der Waals surface area contributed by atoms with Gasteiger partial charge in [-0.15, -0.1) is 17.5 Å². The monoisotopic (exact) mass is 403 g/mol. The van der Waals surface area contributed by atoms with E-state index in [4.69, 9.17) is 23.2 Å². The van der Waals surface area contributed by atoms with Gasteiger partial charge in [0.25, 0.3) is 5.91 Å². The Morgan fingerprint density at radius 3 is 2.60 bits per heavy atom. The van der Waals surface area contributed by atoms with E-state index in [0.717, 1.165) is 31.5 Å². The lowest BCUT2D eigenvalue weighted by Crippen LogP contribution is -2.29. The van der Waals surface area contributed by atoms with Crippen LogP contribution in [0.3, 0.4) is 0 Å². The standard InChI is InChI=1S/C16H19Cl2N5O.ClH/c17-12-7-11(8-13(18)9-12)1-6-20-16(24)15-10-23(22-21-15)14-2-4-19-5-3-14;/h7-10,14,19H,1-6H2,(H,20,24);1H. The quantitative estimate of drug-likeness (QED) is 0.804. The van der Waals surface area contributed by atoms with E-state index in [1.807, 2.05) is 12.1 Å². The summed E-state index contributed by atoms with van der Waals surface area (Å²) in [5.74, 6) is -0.219. The van der Waals surface area contributed by atoms with Gasteiger partial charge < -0.3 is 10.6 Å². The van der Waals surface area contributed by atoms with Crippen molar-refractivity contribution in [3.63, 3.8) is 0 Å². The van der Waals surface area contributed by atoms with Crippen LogP contribution in [0.4, 0.5) is 0 Å². The summed E-state index contributed by atoms with van der Waals surface area (Å²) in [6.45, 7) is 2.41. The zero-order valence-electron chi connectivity index (χ0n) is 13.5. The number of benzene rings is 1. The van der Waals surface area contributed by atoms with Gasteiger partial charge in [0.05, 0.1) is 12.2 Å². The summed E-state index contributed by atoms with van der Waals surface area (Å²) in [6, 6.07) is 5.68. The number of hydrogen-bond donors (Lipinski definition) is 2. The van der Waals surface area contributed by atoms with Crippen LogP contribution in [0.25, 0.3) is 0 Å². The van der Waals surface area contributed by atoms with Gasteiger partial charge in [-0.25, -0.2) is 4.68 Å². The first kappa shape index (κ1) is 20.0. The van der Waals surface area contributed by atoms with E-state index in [2.05, 4.69) is 20.9 Å². The molecule has 1 aliphatic rings. The lowest BCUT2D eigenvalue weighted by atomic mass is 10.1. The molecule has 2 N–H and O–H groups in total. The zero-order valence-corrected chi connectivity index (χ0v) is 15.9. The van der Waals surface area contributed by atoms with Gasteiger partial charge in [-0.2, -0.15) is 0 Å². The topological polar surface area (TPSA) is 71.8 Å². The fourth-order valence-corrected chi connectivity index (χ4v) is 3.37.